The Bertz CT molecular complexity index is 3320. The molecule has 0 aromatic carbocycles. The summed E-state index contributed by atoms with van der Waals surface area (Å²) in [6.45, 7) is 28.5. The SMILES string of the molecule is C=C1CC(N2C(=O)c3cc(C(C)C)sc3C2=O)C(=O)N1.C=C1CC(N2C(=O)c3csc(C(C)C)c3C2=O)C(=O)N1.C=C1CC(N2Cc3cc(C(C)C)sc3C2=O)C(=O)N1.CC(C)c1scc2c1CN(C1CC(=O)NC1=O)C2=O. The van der Waals surface area contributed by atoms with Crippen LogP contribution in [0.4, 0.5) is 0 Å². The summed E-state index contributed by atoms with van der Waals surface area (Å²) in [6.07, 6.45) is 1.19. The van der Waals surface area contributed by atoms with Gasteiger partial charge in [-0.15, -0.1) is 45.3 Å². The van der Waals surface area contributed by atoms with E-state index in [-0.39, 0.29) is 89.3 Å². The van der Waals surface area contributed by atoms with Gasteiger partial charge >= 0.3 is 0 Å². The van der Waals surface area contributed by atoms with E-state index in [2.05, 4.69) is 74.8 Å². The van der Waals surface area contributed by atoms with Crippen molar-refractivity contribution in [2.75, 3.05) is 0 Å². The Kier molecular flexibility index (Phi) is 15.1. The summed E-state index contributed by atoms with van der Waals surface area (Å²) >= 11 is 5.92. The number of carbonyl (C=O) groups is 11. The highest BCUT2D eigenvalue weighted by molar-refractivity contribution is 7.15. The number of nitrogens with zero attached hydrogens (tertiary/aromatic N) is 4. The molecular formula is C55H58N8O11S4. The number of imide groups is 3. The lowest BCUT2D eigenvalue weighted by Gasteiger charge is -2.21. The van der Waals surface area contributed by atoms with Crippen molar-refractivity contribution >= 4 is 110 Å². The standard InChI is InChI=1S/2C14H14N2O3S.C14H16N2O2S.C13H14N2O3S/c1-6(2)11-10-8(5-20-11)13(18)16(14(10)19)9-4-7(3)15-12(9)17;1-6(2)10-5-8-11(20-10)14(19)16(13(8)18)9-4-7(3)15-12(9)17;1-7(2)11-5-9-6-16(14(18)12(9)19-11)10-4-8(3)15-13(10)17;1-6(2)11-7-4-15(13(18)8(7)5-19-11)9-3-10(16)14-12(9)17/h2*5-6,9H,3-4H2,1-2H3,(H,15,17);5,7,10H,3-4,6H2,1-2H3,(H,15,17);5-6,9H,3-4H2,1-2H3,(H,14,16,17). The van der Waals surface area contributed by atoms with Gasteiger partial charge in [-0.2, -0.15) is 0 Å². The van der Waals surface area contributed by atoms with Crippen LogP contribution >= 0.6 is 45.3 Å². The minimum Gasteiger partial charge on any atom is -0.328 e. The topological polar surface area (TPSA) is 249 Å². The van der Waals surface area contributed by atoms with Crippen molar-refractivity contribution in [3.8, 4) is 0 Å². The van der Waals surface area contributed by atoms with Gasteiger partial charge in [0.2, 0.25) is 29.5 Å². The number of nitrogens with one attached hydrogen (secondary N) is 4. The number of rotatable bonds is 8. The lowest BCUT2D eigenvalue weighted by molar-refractivity contribution is -0.126. The van der Waals surface area contributed by atoms with E-state index in [1.807, 2.05) is 33.1 Å². The van der Waals surface area contributed by atoms with E-state index in [4.69, 9.17) is 0 Å². The van der Waals surface area contributed by atoms with Gasteiger partial charge in [0.15, 0.2) is 0 Å². The van der Waals surface area contributed by atoms with E-state index in [1.54, 1.807) is 39.0 Å². The minimum atomic E-state index is -0.764. The summed E-state index contributed by atoms with van der Waals surface area (Å²) in [5.74, 6) is -1.82. The van der Waals surface area contributed by atoms with Crippen LogP contribution in [0.2, 0.25) is 0 Å². The van der Waals surface area contributed by atoms with Crippen LogP contribution < -0.4 is 21.3 Å². The molecule has 12 rings (SSSR count). The van der Waals surface area contributed by atoms with Crippen LogP contribution in [-0.4, -0.2) is 109 Å². The van der Waals surface area contributed by atoms with Crippen LogP contribution in [-0.2, 0) is 37.1 Å². The minimum absolute atomic E-state index is 0.0123. The summed E-state index contributed by atoms with van der Waals surface area (Å²) in [4.78, 5) is 144. The molecule has 0 bridgehead atoms. The Hall–Kier alpha value is -7.21. The van der Waals surface area contributed by atoms with Crippen LogP contribution in [0, 0.1) is 0 Å². The van der Waals surface area contributed by atoms with Crippen LogP contribution in [0.25, 0.3) is 0 Å². The molecule has 0 spiro atoms. The molecule has 8 aliphatic heterocycles. The van der Waals surface area contributed by atoms with Gasteiger partial charge in [0.25, 0.3) is 35.4 Å². The maximum Gasteiger partial charge on any atom is 0.272 e. The highest BCUT2D eigenvalue weighted by Gasteiger charge is 2.49. The van der Waals surface area contributed by atoms with Crippen molar-refractivity contribution in [1.29, 1.82) is 0 Å². The van der Waals surface area contributed by atoms with Gasteiger partial charge in [0.1, 0.15) is 29.0 Å². The van der Waals surface area contributed by atoms with Gasteiger partial charge in [0, 0.05) is 79.7 Å². The molecule has 11 amide bonds. The fourth-order valence-corrected chi connectivity index (χ4v) is 14.7. The van der Waals surface area contributed by atoms with Crippen molar-refractivity contribution in [2.24, 2.45) is 0 Å². The lowest BCUT2D eigenvalue weighted by Crippen LogP contribution is -2.44. The number of hydrogen-bond donors (Lipinski definition) is 4. The van der Waals surface area contributed by atoms with Gasteiger partial charge in [-0.1, -0.05) is 75.1 Å². The van der Waals surface area contributed by atoms with Crippen molar-refractivity contribution in [3.05, 3.63) is 122 Å². The highest BCUT2D eigenvalue weighted by Crippen LogP contribution is 2.41. The molecule has 4 N–H and O–H groups in total. The third-order valence-corrected chi connectivity index (χ3v) is 19.8. The Labute approximate surface area is 465 Å². The molecule has 0 aliphatic carbocycles. The summed E-state index contributed by atoms with van der Waals surface area (Å²) in [5.41, 5.74) is 5.88. The largest absolute Gasteiger partial charge is 0.328 e. The average molecular weight is 1140 g/mol. The van der Waals surface area contributed by atoms with Gasteiger partial charge < -0.3 is 25.8 Å². The molecule has 4 atom stereocenters. The number of fused-ring (bicyclic) bond motifs is 4. The summed E-state index contributed by atoms with van der Waals surface area (Å²) < 4.78 is 0. The van der Waals surface area contributed by atoms with E-state index < -0.39 is 18.1 Å². The molecule has 0 radical (unpaired) electrons. The van der Waals surface area contributed by atoms with Crippen LogP contribution in [0.3, 0.4) is 0 Å². The van der Waals surface area contributed by atoms with Gasteiger partial charge in [-0.05, 0) is 46.9 Å². The first-order chi connectivity index (χ1) is 36.8. The van der Waals surface area contributed by atoms with Gasteiger partial charge in [0.05, 0.1) is 33.6 Å². The first-order valence-electron chi connectivity index (χ1n) is 25.4. The molecule has 4 saturated heterocycles. The van der Waals surface area contributed by atoms with Crippen molar-refractivity contribution in [1.82, 2.24) is 40.9 Å². The lowest BCUT2D eigenvalue weighted by atomic mass is 10.1. The first-order valence-corrected chi connectivity index (χ1v) is 28.8. The quantitative estimate of drug-likeness (QED) is 0.128. The number of thiophene rings is 4. The normalized spacial score (nSPS) is 22.2. The fourth-order valence-electron chi connectivity index (χ4n) is 10.3. The molecule has 12 heterocycles. The van der Waals surface area contributed by atoms with E-state index >= 15 is 0 Å². The average Bonchev–Trinajstić information content (AvgIpc) is 4.33. The summed E-state index contributed by atoms with van der Waals surface area (Å²) in [7, 11) is 0. The third-order valence-electron chi connectivity index (χ3n) is 14.3. The maximum atomic E-state index is 12.5. The third kappa shape index (κ3) is 9.89. The van der Waals surface area contributed by atoms with E-state index in [0.717, 1.165) is 35.6 Å². The molecule has 4 aromatic rings. The number of carbonyl (C=O) groups excluding carboxylic acids is 11. The molecule has 4 unspecified atom stereocenters. The van der Waals surface area contributed by atoms with Gasteiger partial charge in [-0.25, -0.2) is 0 Å². The molecule has 4 aromatic heterocycles. The summed E-state index contributed by atoms with van der Waals surface area (Å²) in [5, 5.41) is 13.6. The monoisotopic (exact) mass is 1130 g/mol. The van der Waals surface area contributed by atoms with Crippen molar-refractivity contribution < 1.29 is 52.7 Å². The summed E-state index contributed by atoms with van der Waals surface area (Å²) in [6, 6.07) is 1.32. The first kappa shape index (κ1) is 55.5. The van der Waals surface area contributed by atoms with E-state index in [9.17, 15) is 52.7 Å². The maximum absolute atomic E-state index is 12.5. The second kappa shape index (κ2) is 21.2. The second-order valence-electron chi connectivity index (χ2n) is 21.3. The zero-order valence-corrected chi connectivity index (χ0v) is 47.5. The van der Waals surface area contributed by atoms with Crippen molar-refractivity contribution in [2.45, 2.75) is 142 Å². The Morgan fingerprint density at radius 1 is 0.462 bits per heavy atom. The predicted molar refractivity (Wildman–Crippen MR) is 293 cm³/mol. The van der Waals surface area contributed by atoms with E-state index in [0.29, 0.717) is 88.4 Å². The van der Waals surface area contributed by atoms with Crippen LogP contribution in [0.5, 0.6) is 0 Å². The number of hydrogen-bond acceptors (Lipinski definition) is 15. The molecule has 23 heteroatoms. The van der Waals surface area contributed by atoms with E-state index in [1.165, 1.54) is 37.3 Å². The second-order valence-corrected chi connectivity index (χ2v) is 25.3. The molecule has 8 aliphatic rings. The molecular weight excluding hydrogens is 1080 g/mol. The molecule has 19 nitrogen and oxygen atoms in total. The Balaban J connectivity index is 0.000000126. The number of amides is 11. The fraction of sp³-hybridized carbons (Fsp3) is 0.400. The van der Waals surface area contributed by atoms with Crippen LogP contribution in [0.1, 0.15) is 196 Å². The Morgan fingerprint density at radius 3 is 1.41 bits per heavy atom. The zero-order valence-electron chi connectivity index (χ0n) is 44.2. The molecule has 408 valence electrons. The highest BCUT2D eigenvalue weighted by atomic mass is 32.1. The Morgan fingerprint density at radius 2 is 0.923 bits per heavy atom. The molecule has 78 heavy (non-hydrogen) atoms. The smallest absolute Gasteiger partial charge is 0.272 e. The molecule has 0 saturated carbocycles. The van der Waals surface area contributed by atoms with Crippen molar-refractivity contribution in [3.63, 3.8) is 0 Å². The zero-order chi connectivity index (χ0) is 56.7. The molecule has 4 fully saturated rings. The van der Waals surface area contributed by atoms with Gasteiger partial charge in [-0.3, -0.25) is 67.9 Å². The van der Waals surface area contributed by atoms with Crippen LogP contribution in [0.15, 0.2) is 59.7 Å². The predicted octanol–water partition coefficient (Wildman–Crippen LogP) is 7.21.